The van der Waals surface area contributed by atoms with E-state index in [-0.39, 0.29) is 0 Å². The topological polar surface area (TPSA) is 27.7 Å². The molecule has 0 fully saturated rings. The molecule has 0 radical (unpaired) electrons. The molecule has 0 spiro atoms. The van der Waals surface area contributed by atoms with E-state index in [9.17, 15) is 0 Å². The van der Waals surface area contributed by atoms with Gasteiger partial charge >= 0.3 is 0 Å². The minimum atomic E-state index is 0.301. The summed E-state index contributed by atoms with van der Waals surface area (Å²) in [6, 6.07) is 26.0. The van der Waals surface area contributed by atoms with Crippen LogP contribution in [0.15, 0.2) is 84.9 Å². The van der Waals surface area contributed by atoms with Crippen LogP contribution in [-0.4, -0.2) is 0 Å². The Kier molecular flexibility index (Phi) is 8.47. The molecule has 3 nitrogen and oxygen atoms in total. The second-order valence-electron chi connectivity index (χ2n) is 7.55. The molecule has 0 N–H and O–H groups in total. The van der Waals surface area contributed by atoms with Crippen LogP contribution in [0.5, 0.6) is 17.2 Å². The van der Waals surface area contributed by atoms with E-state index >= 15 is 0 Å². The second kappa shape index (κ2) is 11.7. The van der Waals surface area contributed by atoms with Gasteiger partial charge in [0.25, 0.3) is 0 Å². The molecule has 0 aliphatic carbocycles. The van der Waals surface area contributed by atoms with Crippen molar-refractivity contribution in [3.8, 4) is 17.2 Å². The van der Waals surface area contributed by atoms with Gasteiger partial charge < -0.3 is 14.2 Å². The summed E-state index contributed by atoms with van der Waals surface area (Å²) in [4.78, 5) is 0. The summed E-state index contributed by atoms with van der Waals surface area (Å²) >= 11 is 24.3. The lowest BCUT2D eigenvalue weighted by molar-refractivity contribution is 0.288. The molecule has 0 amide bonds. The minimum absolute atomic E-state index is 0.301. The Morgan fingerprint density at radius 1 is 0.412 bits per heavy atom. The summed E-state index contributed by atoms with van der Waals surface area (Å²) in [6.07, 6.45) is 0. The third kappa shape index (κ3) is 7.48. The van der Waals surface area contributed by atoms with Gasteiger partial charge in [-0.1, -0.05) is 76.7 Å². The molecule has 34 heavy (non-hydrogen) atoms. The predicted octanol–water partition coefficient (Wildman–Crippen LogP) is 9.04. The summed E-state index contributed by atoms with van der Waals surface area (Å²) in [5, 5.41) is 2.04. The van der Waals surface area contributed by atoms with Crippen LogP contribution in [0.25, 0.3) is 0 Å². The van der Waals surface area contributed by atoms with Crippen molar-refractivity contribution in [1.82, 2.24) is 0 Å². The van der Waals surface area contributed by atoms with Gasteiger partial charge in [-0.25, -0.2) is 0 Å². The number of hydrogen-bond acceptors (Lipinski definition) is 3. The van der Waals surface area contributed by atoms with Crippen molar-refractivity contribution in [1.29, 1.82) is 0 Å². The highest BCUT2D eigenvalue weighted by Crippen LogP contribution is 2.28. The van der Waals surface area contributed by atoms with Gasteiger partial charge in [-0.3, -0.25) is 0 Å². The monoisotopic (exact) mass is 532 g/mol. The number of hydrogen-bond donors (Lipinski definition) is 0. The van der Waals surface area contributed by atoms with Gasteiger partial charge in [0.2, 0.25) is 0 Å². The lowest BCUT2D eigenvalue weighted by atomic mass is 10.1. The zero-order valence-electron chi connectivity index (χ0n) is 17.9. The molecule has 174 valence electrons. The normalized spacial score (nSPS) is 10.7. The van der Waals surface area contributed by atoms with Crippen molar-refractivity contribution in [3.05, 3.63) is 122 Å². The maximum atomic E-state index is 6.08. The molecular weight excluding hydrogens is 514 g/mol. The molecule has 0 atom stereocenters. The molecule has 0 aromatic heterocycles. The number of halogens is 4. The average molecular weight is 534 g/mol. The highest BCUT2D eigenvalue weighted by atomic mass is 35.5. The molecule has 0 unspecified atom stereocenters. The van der Waals surface area contributed by atoms with Gasteiger partial charge in [-0.15, -0.1) is 0 Å². The molecule has 4 rings (SSSR count). The van der Waals surface area contributed by atoms with Crippen LogP contribution in [0, 0.1) is 0 Å². The molecule has 0 heterocycles. The Morgan fingerprint density at radius 3 is 1.24 bits per heavy atom. The maximum Gasteiger partial charge on any atom is 0.122 e. The van der Waals surface area contributed by atoms with Crippen molar-refractivity contribution in [3.63, 3.8) is 0 Å². The van der Waals surface area contributed by atoms with Gasteiger partial charge in [0.1, 0.15) is 37.1 Å². The highest BCUT2D eigenvalue weighted by Gasteiger charge is 2.08. The zero-order chi connectivity index (χ0) is 23.9. The summed E-state index contributed by atoms with van der Waals surface area (Å²) in [6.45, 7) is 1.05. The van der Waals surface area contributed by atoms with Gasteiger partial charge in [0.05, 0.1) is 0 Å². The first kappa shape index (κ1) is 24.6. The van der Waals surface area contributed by atoms with Crippen LogP contribution in [0.3, 0.4) is 0 Å². The van der Waals surface area contributed by atoms with E-state index in [0.29, 0.717) is 57.2 Å². The van der Waals surface area contributed by atoms with Crippen LogP contribution in [0.1, 0.15) is 16.7 Å². The third-order valence-corrected chi connectivity index (χ3v) is 5.63. The Morgan fingerprint density at radius 2 is 0.794 bits per heavy atom. The summed E-state index contributed by atoms with van der Waals surface area (Å²) in [7, 11) is 0. The summed E-state index contributed by atoms with van der Waals surface area (Å²) in [5.74, 6) is 1.87. The second-order valence-corrected chi connectivity index (χ2v) is 9.29. The van der Waals surface area contributed by atoms with E-state index in [2.05, 4.69) is 0 Å². The van der Waals surface area contributed by atoms with Crippen molar-refractivity contribution >= 4 is 46.4 Å². The lowest BCUT2D eigenvalue weighted by Gasteiger charge is -2.14. The molecule has 4 aromatic carbocycles. The summed E-state index contributed by atoms with van der Waals surface area (Å²) < 4.78 is 17.9. The van der Waals surface area contributed by atoms with Gasteiger partial charge in [0.15, 0.2) is 0 Å². The van der Waals surface area contributed by atoms with Gasteiger partial charge in [0, 0.05) is 20.1 Å². The fraction of sp³-hybridized carbons (Fsp3) is 0.111. The molecule has 0 bridgehead atoms. The smallest absolute Gasteiger partial charge is 0.122 e. The molecule has 4 aromatic rings. The first-order valence-electron chi connectivity index (χ1n) is 10.4. The molecule has 0 aliphatic heterocycles. The quantitative estimate of drug-likeness (QED) is 0.215. The number of benzene rings is 4. The van der Waals surface area contributed by atoms with Crippen LogP contribution in [0.2, 0.25) is 20.1 Å². The Bertz CT molecular complexity index is 1150. The lowest BCUT2D eigenvalue weighted by Crippen LogP contribution is -2.02. The van der Waals surface area contributed by atoms with Crippen LogP contribution < -0.4 is 14.2 Å². The van der Waals surface area contributed by atoms with E-state index in [1.807, 2.05) is 48.5 Å². The van der Waals surface area contributed by atoms with Crippen molar-refractivity contribution in [2.75, 3.05) is 0 Å². The van der Waals surface area contributed by atoms with Crippen molar-refractivity contribution < 1.29 is 14.2 Å². The van der Waals surface area contributed by atoms with Crippen LogP contribution in [0.4, 0.5) is 0 Å². The standard InChI is InChI=1S/C27H20Cl4O3/c28-21-9-22(29)12-26(11-21)33-16-19-6-20(17-34-27-13-23(30)10-24(31)14-27)8-25(7-19)32-15-18-4-2-1-3-5-18/h1-14H,15-17H2. The Balaban J connectivity index is 1.52. The Hall–Kier alpha value is -2.56. The van der Waals surface area contributed by atoms with Crippen LogP contribution in [-0.2, 0) is 19.8 Å². The SMILES string of the molecule is Clc1cc(Cl)cc(OCc2cc(COc3cc(Cl)cc(Cl)c3)cc(OCc3ccccc3)c2)c1. The fourth-order valence-electron chi connectivity index (χ4n) is 3.28. The third-order valence-electron chi connectivity index (χ3n) is 4.76. The summed E-state index contributed by atoms with van der Waals surface area (Å²) in [5.41, 5.74) is 2.89. The fourth-order valence-corrected chi connectivity index (χ4v) is 4.29. The zero-order valence-corrected chi connectivity index (χ0v) is 21.0. The van der Waals surface area contributed by atoms with Crippen LogP contribution >= 0.6 is 46.4 Å². The molecule has 0 aliphatic rings. The largest absolute Gasteiger partial charge is 0.489 e. The first-order valence-corrected chi connectivity index (χ1v) is 11.9. The molecule has 0 saturated heterocycles. The average Bonchev–Trinajstić information content (AvgIpc) is 2.80. The maximum absolute atomic E-state index is 6.08. The Labute approximate surface area is 218 Å². The predicted molar refractivity (Wildman–Crippen MR) is 139 cm³/mol. The molecular formula is C27H20Cl4O3. The molecule has 0 saturated carbocycles. The van der Waals surface area contributed by atoms with Gasteiger partial charge in [-0.2, -0.15) is 0 Å². The first-order chi connectivity index (χ1) is 16.4. The minimum Gasteiger partial charge on any atom is -0.489 e. The molecule has 7 heteroatoms. The van der Waals surface area contributed by atoms with E-state index in [4.69, 9.17) is 60.6 Å². The van der Waals surface area contributed by atoms with Crippen molar-refractivity contribution in [2.24, 2.45) is 0 Å². The number of rotatable bonds is 9. The van der Waals surface area contributed by atoms with Gasteiger partial charge in [-0.05, 0) is 71.3 Å². The van der Waals surface area contributed by atoms with E-state index < -0.39 is 0 Å². The van der Waals surface area contributed by atoms with E-state index in [1.54, 1.807) is 36.4 Å². The van der Waals surface area contributed by atoms with Crippen molar-refractivity contribution in [2.45, 2.75) is 19.8 Å². The number of ether oxygens (including phenoxy) is 3. The highest BCUT2D eigenvalue weighted by molar-refractivity contribution is 6.35. The van der Waals surface area contributed by atoms with E-state index in [1.165, 1.54) is 0 Å². The van der Waals surface area contributed by atoms with E-state index in [0.717, 1.165) is 16.7 Å².